The Kier molecular flexibility index (Phi) is 4.81. The van der Waals surface area contributed by atoms with Crippen molar-refractivity contribution in [3.63, 3.8) is 0 Å². The van der Waals surface area contributed by atoms with Crippen molar-refractivity contribution in [1.29, 1.82) is 0 Å². The second-order valence-electron chi connectivity index (χ2n) is 6.45. The average Bonchev–Trinajstić information content (AvgIpc) is 2.54. The highest BCUT2D eigenvalue weighted by Crippen LogP contribution is 2.25. The zero-order valence-corrected chi connectivity index (χ0v) is 13.2. The number of carboxylic acid groups (broad SMARTS) is 1. The summed E-state index contributed by atoms with van der Waals surface area (Å²) < 4.78 is 0. The van der Waals surface area contributed by atoms with Crippen LogP contribution in [-0.2, 0) is 17.8 Å². The van der Waals surface area contributed by atoms with E-state index in [-0.39, 0.29) is 5.91 Å². The van der Waals surface area contributed by atoms with Gasteiger partial charge in [-0.15, -0.1) is 0 Å². The van der Waals surface area contributed by atoms with Crippen molar-refractivity contribution in [2.24, 2.45) is 5.92 Å². The normalized spacial score (nSPS) is 19.0. The molecule has 0 radical (unpaired) electrons. The van der Waals surface area contributed by atoms with Crippen LogP contribution in [-0.4, -0.2) is 41.6 Å². The van der Waals surface area contributed by atoms with E-state index in [0.717, 1.165) is 44.6 Å². The largest absolute Gasteiger partial charge is 0.465 e. The molecule has 124 valence electrons. The zero-order chi connectivity index (χ0) is 16.2. The third kappa shape index (κ3) is 4.22. The van der Waals surface area contributed by atoms with Gasteiger partial charge >= 0.3 is 6.09 Å². The molecule has 3 N–H and O–H groups in total. The molecule has 1 aromatic rings. The Hall–Kier alpha value is -2.08. The van der Waals surface area contributed by atoms with E-state index in [4.69, 9.17) is 5.11 Å². The first-order valence-electron chi connectivity index (χ1n) is 8.21. The summed E-state index contributed by atoms with van der Waals surface area (Å²) >= 11 is 0. The van der Waals surface area contributed by atoms with Crippen LogP contribution in [0.4, 0.5) is 10.5 Å². The van der Waals surface area contributed by atoms with Gasteiger partial charge in [0.25, 0.3) is 0 Å². The van der Waals surface area contributed by atoms with E-state index >= 15 is 0 Å². The van der Waals surface area contributed by atoms with Gasteiger partial charge in [-0.3, -0.25) is 9.69 Å². The standard InChI is InChI=1S/C17H23N3O3/c21-16-4-3-14-2-1-13(9-15(14)19-16)11-20-7-5-12(6-8-20)10-18-17(22)23/h1-2,9,12,18H,3-8,10-11H2,(H,19,21)(H,22,23). The molecule has 23 heavy (non-hydrogen) atoms. The number of anilines is 1. The van der Waals surface area contributed by atoms with Gasteiger partial charge in [0.2, 0.25) is 5.91 Å². The molecule has 0 spiro atoms. The van der Waals surface area contributed by atoms with Gasteiger partial charge in [-0.1, -0.05) is 12.1 Å². The second-order valence-corrected chi connectivity index (χ2v) is 6.45. The van der Waals surface area contributed by atoms with Crippen LogP contribution < -0.4 is 10.6 Å². The Bertz CT molecular complexity index is 595. The minimum Gasteiger partial charge on any atom is -0.465 e. The highest BCUT2D eigenvalue weighted by molar-refractivity contribution is 5.93. The number of nitrogens with one attached hydrogen (secondary N) is 2. The van der Waals surface area contributed by atoms with Crippen molar-refractivity contribution >= 4 is 17.7 Å². The number of piperidine rings is 1. The van der Waals surface area contributed by atoms with E-state index in [1.165, 1.54) is 11.1 Å². The van der Waals surface area contributed by atoms with Gasteiger partial charge in [-0.05, 0) is 55.5 Å². The van der Waals surface area contributed by atoms with E-state index in [1.54, 1.807) is 0 Å². The van der Waals surface area contributed by atoms with E-state index in [2.05, 4.69) is 33.7 Å². The molecule has 6 heteroatoms. The lowest BCUT2D eigenvalue weighted by atomic mass is 9.96. The van der Waals surface area contributed by atoms with Crippen LogP contribution in [0, 0.1) is 5.92 Å². The predicted molar refractivity (Wildman–Crippen MR) is 87.4 cm³/mol. The van der Waals surface area contributed by atoms with Crippen LogP contribution >= 0.6 is 0 Å². The number of likely N-dealkylation sites (tertiary alicyclic amines) is 1. The number of hydrogen-bond acceptors (Lipinski definition) is 3. The second kappa shape index (κ2) is 7.00. The molecule has 0 bridgehead atoms. The number of carbonyl (C=O) groups excluding carboxylic acids is 1. The average molecular weight is 317 g/mol. The summed E-state index contributed by atoms with van der Waals surface area (Å²) in [6.07, 6.45) is 2.49. The molecule has 1 aromatic carbocycles. The molecule has 0 aromatic heterocycles. The summed E-state index contributed by atoms with van der Waals surface area (Å²) in [4.78, 5) is 24.4. The van der Waals surface area contributed by atoms with Crippen molar-refractivity contribution in [1.82, 2.24) is 10.2 Å². The fourth-order valence-electron chi connectivity index (χ4n) is 3.36. The number of rotatable bonds is 4. The number of amides is 2. The van der Waals surface area contributed by atoms with Crippen LogP contribution in [0.2, 0.25) is 0 Å². The molecule has 1 fully saturated rings. The van der Waals surface area contributed by atoms with Crippen molar-refractivity contribution in [2.45, 2.75) is 32.2 Å². The third-order valence-corrected chi connectivity index (χ3v) is 4.73. The molecule has 2 aliphatic heterocycles. The predicted octanol–water partition coefficient (Wildman–Crippen LogP) is 2.05. The SMILES string of the molecule is O=C(O)NCC1CCN(Cc2ccc3c(c2)NC(=O)CC3)CC1. The molecule has 1 saturated heterocycles. The van der Waals surface area contributed by atoms with Gasteiger partial charge < -0.3 is 15.7 Å². The van der Waals surface area contributed by atoms with Crippen LogP contribution in [0.3, 0.4) is 0 Å². The molecule has 2 aliphatic rings. The summed E-state index contributed by atoms with van der Waals surface area (Å²) in [7, 11) is 0. The Balaban J connectivity index is 1.52. The lowest BCUT2D eigenvalue weighted by molar-refractivity contribution is -0.116. The van der Waals surface area contributed by atoms with Crippen molar-refractivity contribution in [2.75, 3.05) is 25.0 Å². The van der Waals surface area contributed by atoms with Gasteiger partial charge in [0.05, 0.1) is 0 Å². The highest BCUT2D eigenvalue weighted by Gasteiger charge is 2.20. The molecular weight excluding hydrogens is 294 g/mol. The first-order chi connectivity index (χ1) is 11.1. The molecule has 2 amide bonds. The number of carbonyl (C=O) groups is 2. The summed E-state index contributed by atoms with van der Waals surface area (Å²) in [5.74, 6) is 0.534. The van der Waals surface area contributed by atoms with Crippen LogP contribution in [0.25, 0.3) is 0 Å². The smallest absolute Gasteiger partial charge is 0.404 e. The number of aryl methyl sites for hydroxylation is 1. The lowest BCUT2D eigenvalue weighted by Gasteiger charge is -2.32. The molecule has 2 heterocycles. The quantitative estimate of drug-likeness (QED) is 0.794. The van der Waals surface area contributed by atoms with Gasteiger partial charge in [0.1, 0.15) is 0 Å². The summed E-state index contributed by atoms with van der Waals surface area (Å²) in [6.45, 7) is 3.39. The monoisotopic (exact) mass is 317 g/mol. The van der Waals surface area contributed by atoms with Gasteiger partial charge in [0.15, 0.2) is 0 Å². The molecule has 6 nitrogen and oxygen atoms in total. The number of benzene rings is 1. The van der Waals surface area contributed by atoms with E-state index in [9.17, 15) is 9.59 Å². The van der Waals surface area contributed by atoms with E-state index < -0.39 is 6.09 Å². The number of hydrogen-bond donors (Lipinski definition) is 3. The van der Waals surface area contributed by atoms with Crippen LogP contribution in [0.1, 0.15) is 30.4 Å². The summed E-state index contributed by atoms with van der Waals surface area (Å²) in [6, 6.07) is 6.35. The van der Waals surface area contributed by atoms with Crippen LogP contribution in [0.5, 0.6) is 0 Å². The molecule has 0 aliphatic carbocycles. The first-order valence-corrected chi connectivity index (χ1v) is 8.21. The van der Waals surface area contributed by atoms with E-state index in [0.29, 0.717) is 18.9 Å². The van der Waals surface area contributed by atoms with Gasteiger partial charge in [-0.25, -0.2) is 4.79 Å². The van der Waals surface area contributed by atoms with Crippen molar-refractivity contribution in [3.05, 3.63) is 29.3 Å². The number of fused-ring (bicyclic) bond motifs is 1. The maximum atomic E-state index is 11.5. The fraction of sp³-hybridized carbons (Fsp3) is 0.529. The van der Waals surface area contributed by atoms with Crippen molar-refractivity contribution < 1.29 is 14.7 Å². The molecule has 0 saturated carbocycles. The van der Waals surface area contributed by atoms with E-state index in [1.807, 2.05) is 0 Å². The van der Waals surface area contributed by atoms with Gasteiger partial charge in [-0.2, -0.15) is 0 Å². The molecule has 3 rings (SSSR count). The minimum atomic E-state index is -0.941. The maximum Gasteiger partial charge on any atom is 0.404 e. The Morgan fingerprint density at radius 2 is 2.09 bits per heavy atom. The minimum absolute atomic E-state index is 0.0985. The van der Waals surface area contributed by atoms with Gasteiger partial charge in [0, 0.05) is 25.2 Å². The summed E-state index contributed by atoms with van der Waals surface area (Å²) in [5, 5.41) is 14.1. The Morgan fingerprint density at radius 1 is 1.30 bits per heavy atom. The third-order valence-electron chi connectivity index (χ3n) is 4.73. The molecule has 0 unspecified atom stereocenters. The number of nitrogens with zero attached hydrogens (tertiary/aromatic N) is 1. The molecular formula is C17H23N3O3. The first kappa shape index (κ1) is 15.8. The Morgan fingerprint density at radius 3 is 2.83 bits per heavy atom. The van der Waals surface area contributed by atoms with Crippen LogP contribution in [0.15, 0.2) is 18.2 Å². The van der Waals surface area contributed by atoms with Crippen molar-refractivity contribution in [3.8, 4) is 0 Å². The highest BCUT2D eigenvalue weighted by atomic mass is 16.4. The zero-order valence-electron chi connectivity index (χ0n) is 13.2. The topological polar surface area (TPSA) is 81.7 Å². The maximum absolute atomic E-state index is 11.5. The Labute approximate surface area is 135 Å². The summed E-state index contributed by atoms with van der Waals surface area (Å²) in [5.41, 5.74) is 3.39. The fourth-order valence-corrected chi connectivity index (χ4v) is 3.36. The lowest BCUT2D eigenvalue weighted by Crippen LogP contribution is -2.38. The molecule has 0 atom stereocenters.